The number of aromatic nitrogens is 3. The van der Waals surface area contributed by atoms with Crippen LogP contribution in [-0.2, 0) is 10.0 Å². The first-order valence-corrected chi connectivity index (χ1v) is 8.74. The van der Waals surface area contributed by atoms with Crippen LogP contribution in [0.5, 0.6) is 0 Å². The first-order valence-electron chi connectivity index (χ1n) is 6.89. The van der Waals surface area contributed by atoms with E-state index < -0.39 is 10.0 Å². The fraction of sp³-hybridized carbons (Fsp3) is 0.200. The van der Waals surface area contributed by atoms with Crippen molar-refractivity contribution in [3.8, 4) is 0 Å². The molecule has 3 aromatic heterocycles. The number of hydrogen-bond acceptors (Lipinski definition) is 4. The molecule has 0 atom stereocenters. The molecule has 0 aliphatic carbocycles. The summed E-state index contributed by atoms with van der Waals surface area (Å²) in [5.74, 6) is 0. The van der Waals surface area contributed by atoms with Crippen molar-refractivity contribution in [2.45, 2.75) is 0 Å². The van der Waals surface area contributed by atoms with Gasteiger partial charge in [-0.05, 0) is 17.7 Å². The van der Waals surface area contributed by atoms with E-state index in [0.717, 1.165) is 33.1 Å². The minimum Gasteiger partial charge on any atom is -0.346 e. The van der Waals surface area contributed by atoms with Gasteiger partial charge in [-0.25, -0.2) is 13.4 Å². The van der Waals surface area contributed by atoms with Crippen molar-refractivity contribution in [2.24, 2.45) is 0 Å². The summed E-state index contributed by atoms with van der Waals surface area (Å²) < 4.78 is 24.8. The second kappa shape index (κ2) is 4.62. The van der Waals surface area contributed by atoms with Gasteiger partial charge in [0.1, 0.15) is 5.65 Å². The number of pyridine rings is 2. The van der Waals surface area contributed by atoms with Gasteiger partial charge in [-0.1, -0.05) is 6.08 Å². The maximum atomic E-state index is 11.7. The first-order chi connectivity index (χ1) is 10.5. The Balaban J connectivity index is 1.91. The third-order valence-electron chi connectivity index (χ3n) is 3.97. The van der Waals surface area contributed by atoms with Crippen LogP contribution in [0.2, 0.25) is 0 Å². The smallest absolute Gasteiger partial charge is 0.211 e. The van der Waals surface area contributed by atoms with Crippen molar-refractivity contribution in [3.05, 3.63) is 42.5 Å². The molecule has 3 aromatic rings. The first kappa shape index (κ1) is 13.4. The summed E-state index contributed by atoms with van der Waals surface area (Å²) in [5, 5.41) is 3.01. The molecular weight excluding hydrogens is 300 g/mol. The molecule has 6 nitrogen and oxygen atoms in total. The van der Waals surface area contributed by atoms with Crippen LogP contribution in [0.15, 0.2) is 36.8 Å². The van der Waals surface area contributed by atoms with E-state index in [2.05, 4.69) is 15.0 Å². The van der Waals surface area contributed by atoms with Crippen molar-refractivity contribution >= 4 is 37.4 Å². The van der Waals surface area contributed by atoms with Crippen molar-refractivity contribution in [1.29, 1.82) is 0 Å². The number of aromatic amines is 1. The van der Waals surface area contributed by atoms with Crippen LogP contribution >= 0.6 is 0 Å². The van der Waals surface area contributed by atoms with Gasteiger partial charge in [-0.2, -0.15) is 4.31 Å². The Labute approximate surface area is 127 Å². The largest absolute Gasteiger partial charge is 0.346 e. The zero-order valence-corrected chi connectivity index (χ0v) is 12.8. The molecule has 1 aliphatic heterocycles. The molecule has 22 heavy (non-hydrogen) atoms. The van der Waals surface area contributed by atoms with Crippen LogP contribution < -0.4 is 0 Å². The minimum absolute atomic E-state index is 0.360. The number of nitrogens with zero attached hydrogens (tertiary/aromatic N) is 3. The number of hydrogen-bond donors (Lipinski definition) is 1. The summed E-state index contributed by atoms with van der Waals surface area (Å²) in [6.45, 7) is 0.757. The molecule has 0 fully saturated rings. The lowest BCUT2D eigenvalue weighted by Crippen LogP contribution is -2.27. The van der Waals surface area contributed by atoms with E-state index in [4.69, 9.17) is 0 Å². The number of H-pyrrole nitrogens is 1. The fourth-order valence-corrected chi connectivity index (χ4v) is 3.59. The fourth-order valence-electron chi connectivity index (χ4n) is 2.87. The molecule has 0 amide bonds. The Morgan fingerprint density at radius 1 is 1.27 bits per heavy atom. The highest BCUT2D eigenvalue weighted by Crippen LogP contribution is 2.31. The van der Waals surface area contributed by atoms with Gasteiger partial charge in [-0.15, -0.1) is 0 Å². The van der Waals surface area contributed by atoms with Gasteiger partial charge in [0.15, 0.2) is 0 Å². The number of fused-ring (bicyclic) bond motifs is 3. The van der Waals surface area contributed by atoms with Crippen LogP contribution in [0.25, 0.3) is 27.4 Å². The maximum absolute atomic E-state index is 11.7. The predicted molar refractivity (Wildman–Crippen MR) is 85.8 cm³/mol. The van der Waals surface area contributed by atoms with Crippen LogP contribution in [0.3, 0.4) is 0 Å². The number of nitrogens with one attached hydrogen (secondary N) is 1. The van der Waals surface area contributed by atoms with Crippen LogP contribution in [0.1, 0.15) is 5.69 Å². The third-order valence-corrected chi connectivity index (χ3v) is 5.19. The van der Waals surface area contributed by atoms with E-state index in [-0.39, 0.29) is 0 Å². The Morgan fingerprint density at radius 3 is 2.91 bits per heavy atom. The monoisotopic (exact) mass is 314 g/mol. The van der Waals surface area contributed by atoms with E-state index in [1.165, 1.54) is 10.6 Å². The Morgan fingerprint density at radius 2 is 2.14 bits per heavy atom. The molecule has 7 heteroatoms. The molecule has 0 spiro atoms. The normalized spacial score (nSPS) is 16.5. The molecule has 1 N–H and O–H groups in total. The predicted octanol–water partition coefficient (Wildman–Crippen LogP) is 1.77. The molecule has 0 bridgehead atoms. The summed E-state index contributed by atoms with van der Waals surface area (Å²) in [7, 11) is -3.19. The highest BCUT2D eigenvalue weighted by Gasteiger charge is 2.25. The van der Waals surface area contributed by atoms with Gasteiger partial charge in [0.25, 0.3) is 0 Å². The van der Waals surface area contributed by atoms with E-state index in [9.17, 15) is 8.42 Å². The average Bonchev–Trinajstić information content (AvgIpc) is 3.15. The van der Waals surface area contributed by atoms with Gasteiger partial charge < -0.3 is 4.98 Å². The second-order valence-electron chi connectivity index (χ2n) is 5.41. The zero-order chi connectivity index (χ0) is 15.3. The van der Waals surface area contributed by atoms with Crippen molar-refractivity contribution < 1.29 is 8.42 Å². The highest BCUT2D eigenvalue weighted by atomic mass is 32.2. The lowest BCUT2D eigenvalue weighted by molar-refractivity contribution is 0.496. The van der Waals surface area contributed by atoms with Crippen molar-refractivity contribution in [1.82, 2.24) is 19.3 Å². The summed E-state index contributed by atoms with van der Waals surface area (Å²) in [6, 6.07) is 3.89. The standard InChI is InChI=1S/C15H14N4O2S/c1-22(20,21)19-7-4-11(9-19)14-13-10(2-5-16-14)8-18-15-12(13)3-6-17-15/h2-6,8H,7,9H2,1H3,(H,17,18). The number of rotatable bonds is 2. The third kappa shape index (κ3) is 2.01. The molecule has 112 valence electrons. The molecule has 1 aliphatic rings. The van der Waals surface area contributed by atoms with Crippen LogP contribution in [0.4, 0.5) is 0 Å². The van der Waals surface area contributed by atoms with Crippen molar-refractivity contribution in [3.63, 3.8) is 0 Å². The topological polar surface area (TPSA) is 79.0 Å². The highest BCUT2D eigenvalue weighted by molar-refractivity contribution is 7.88. The zero-order valence-electron chi connectivity index (χ0n) is 11.9. The molecular formula is C15H14N4O2S. The van der Waals surface area contributed by atoms with Crippen LogP contribution in [0, 0.1) is 0 Å². The van der Waals surface area contributed by atoms with Gasteiger partial charge >= 0.3 is 0 Å². The van der Waals surface area contributed by atoms with Gasteiger partial charge in [0.05, 0.1) is 11.9 Å². The SMILES string of the molecule is CS(=O)(=O)N1CC=C(c2nccc3cnc4[nH]ccc4c23)C1. The maximum Gasteiger partial charge on any atom is 0.211 e. The average molecular weight is 314 g/mol. The van der Waals surface area contributed by atoms with E-state index in [1.54, 1.807) is 6.20 Å². The Hall–Kier alpha value is -2.25. The summed E-state index contributed by atoms with van der Waals surface area (Å²) in [4.78, 5) is 12.0. The molecule has 0 unspecified atom stereocenters. The van der Waals surface area contributed by atoms with E-state index in [1.807, 2.05) is 30.6 Å². The van der Waals surface area contributed by atoms with E-state index >= 15 is 0 Å². The Kier molecular flexibility index (Phi) is 2.82. The quantitative estimate of drug-likeness (QED) is 0.782. The summed E-state index contributed by atoms with van der Waals surface area (Å²) in [5.41, 5.74) is 2.57. The molecule has 4 rings (SSSR count). The van der Waals surface area contributed by atoms with Gasteiger partial charge in [0.2, 0.25) is 10.0 Å². The van der Waals surface area contributed by atoms with Gasteiger partial charge in [-0.3, -0.25) is 4.98 Å². The van der Waals surface area contributed by atoms with Crippen LogP contribution in [-0.4, -0.2) is 47.0 Å². The Bertz CT molecular complexity index is 1020. The van der Waals surface area contributed by atoms with Gasteiger partial charge in [0, 0.05) is 47.8 Å². The van der Waals surface area contributed by atoms with E-state index in [0.29, 0.717) is 13.1 Å². The number of sulfonamides is 1. The minimum atomic E-state index is -3.19. The lowest BCUT2D eigenvalue weighted by atomic mass is 10.0. The summed E-state index contributed by atoms with van der Waals surface area (Å²) in [6.07, 6.45) is 8.56. The molecule has 4 heterocycles. The molecule has 0 saturated carbocycles. The lowest BCUT2D eigenvalue weighted by Gasteiger charge is -2.13. The molecule has 0 saturated heterocycles. The van der Waals surface area contributed by atoms with Crippen molar-refractivity contribution in [2.75, 3.05) is 19.3 Å². The summed E-state index contributed by atoms with van der Waals surface area (Å²) >= 11 is 0. The second-order valence-corrected chi connectivity index (χ2v) is 7.39. The molecule has 0 radical (unpaired) electrons. The molecule has 0 aromatic carbocycles.